The molecule has 0 N–H and O–H groups in total. The van der Waals surface area contributed by atoms with E-state index in [1.165, 1.54) is 5.56 Å². The number of amides is 1. The van der Waals surface area contributed by atoms with Crippen LogP contribution in [-0.2, 0) is 22.6 Å². The van der Waals surface area contributed by atoms with Crippen molar-refractivity contribution >= 4 is 5.91 Å². The number of piperazine rings is 1. The highest BCUT2D eigenvalue weighted by Gasteiger charge is 2.44. The lowest BCUT2D eigenvalue weighted by atomic mass is 9.85. The largest absolute Gasteiger partial charge is 0.496 e. The smallest absolute Gasteiger partial charge is 0.237 e. The van der Waals surface area contributed by atoms with Crippen molar-refractivity contribution in [2.75, 3.05) is 40.5 Å². The van der Waals surface area contributed by atoms with Gasteiger partial charge in [0.15, 0.2) is 0 Å². The molecule has 1 aromatic carbocycles. The summed E-state index contributed by atoms with van der Waals surface area (Å²) in [4.78, 5) is 17.0. The first kappa shape index (κ1) is 20.9. The van der Waals surface area contributed by atoms with Crippen LogP contribution in [0.15, 0.2) is 24.3 Å². The van der Waals surface area contributed by atoms with E-state index in [9.17, 15) is 4.79 Å². The molecule has 7 heteroatoms. The van der Waals surface area contributed by atoms with Crippen LogP contribution in [0.2, 0.25) is 0 Å². The quantitative estimate of drug-likeness (QED) is 0.755. The van der Waals surface area contributed by atoms with Crippen LogP contribution in [0.1, 0.15) is 35.4 Å². The molecule has 2 aliphatic heterocycles. The third-order valence-corrected chi connectivity index (χ3v) is 6.56. The second-order valence-electron chi connectivity index (χ2n) is 8.67. The minimum atomic E-state index is -0.105. The fourth-order valence-electron chi connectivity index (χ4n) is 4.81. The van der Waals surface area contributed by atoms with E-state index in [0.717, 1.165) is 61.8 Å². The molecule has 0 aliphatic carbocycles. The number of aromatic nitrogens is 2. The molecule has 162 valence electrons. The van der Waals surface area contributed by atoms with Gasteiger partial charge in [0.2, 0.25) is 5.91 Å². The molecule has 7 nitrogen and oxygen atoms in total. The number of carbonyl (C=O) groups is 1. The number of nitrogens with zero attached hydrogens (tertiary/aromatic N) is 4. The Morgan fingerprint density at radius 1 is 1.17 bits per heavy atom. The normalized spacial score (nSPS) is 19.5. The van der Waals surface area contributed by atoms with Crippen molar-refractivity contribution in [1.29, 1.82) is 0 Å². The topological polar surface area (TPSA) is 59.8 Å². The SMILES string of the molecule is COc1ccc(CN2CC(=O)N(C)C3(CCOCC3)C2)cc1Cn1nc(C)cc1C. The number of rotatable bonds is 5. The standard InChI is InChI=1S/C23H32N4O3/c1-17-11-18(2)27(24-17)14-20-12-19(5-6-21(20)29-4)13-26-15-22(28)25(3)23(16-26)7-9-30-10-8-23/h5-6,11-12H,7-10,13-16H2,1-4H3. The van der Waals surface area contributed by atoms with Crippen LogP contribution < -0.4 is 4.74 Å². The van der Waals surface area contributed by atoms with Crippen molar-refractivity contribution in [3.05, 3.63) is 46.8 Å². The van der Waals surface area contributed by atoms with E-state index in [2.05, 4.69) is 35.1 Å². The summed E-state index contributed by atoms with van der Waals surface area (Å²) >= 11 is 0. The predicted molar refractivity (Wildman–Crippen MR) is 115 cm³/mol. The second kappa shape index (κ2) is 8.40. The molecule has 2 aliphatic rings. The van der Waals surface area contributed by atoms with Gasteiger partial charge in [-0.05, 0) is 50.5 Å². The summed E-state index contributed by atoms with van der Waals surface area (Å²) in [6.07, 6.45) is 1.80. The van der Waals surface area contributed by atoms with Crippen molar-refractivity contribution < 1.29 is 14.3 Å². The summed E-state index contributed by atoms with van der Waals surface area (Å²) in [5, 5.41) is 4.59. The molecule has 0 unspecified atom stereocenters. The first-order valence-corrected chi connectivity index (χ1v) is 10.6. The zero-order valence-electron chi connectivity index (χ0n) is 18.5. The molecular weight excluding hydrogens is 380 g/mol. The Kier molecular flexibility index (Phi) is 5.84. The summed E-state index contributed by atoms with van der Waals surface area (Å²) in [5.41, 5.74) is 4.33. The summed E-state index contributed by atoms with van der Waals surface area (Å²) < 4.78 is 13.2. The van der Waals surface area contributed by atoms with E-state index in [0.29, 0.717) is 13.1 Å². The molecule has 0 radical (unpaired) electrons. The summed E-state index contributed by atoms with van der Waals surface area (Å²) in [6, 6.07) is 8.40. The average molecular weight is 413 g/mol. The first-order valence-electron chi connectivity index (χ1n) is 10.6. The van der Waals surface area contributed by atoms with Gasteiger partial charge in [0, 0.05) is 44.6 Å². The third kappa shape index (κ3) is 4.09. The summed E-state index contributed by atoms with van der Waals surface area (Å²) in [7, 11) is 3.65. The molecule has 3 heterocycles. The summed E-state index contributed by atoms with van der Waals surface area (Å²) in [6.45, 7) is 8.28. The number of methoxy groups -OCH3 is 1. The Morgan fingerprint density at radius 3 is 2.60 bits per heavy atom. The number of likely N-dealkylation sites (N-methyl/N-ethyl adjacent to an activating group) is 1. The van der Waals surface area contributed by atoms with Crippen molar-refractivity contribution in [1.82, 2.24) is 19.6 Å². The zero-order valence-corrected chi connectivity index (χ0v) is 18.5. The van der Waals surface area contributed by atoms with E-state index in [-0.39, 0.29) is 11.4 Å². The monoisotopic (exact) mass is 412 g/mol. The van der Waals surface area contributed by atoms with Crippen LogP contribution in [0.4, 0.5) is 0 Å². The minimum absolute atomic E-state index is 0.105. The van der Waals surface area contributed by atoms with E-state index in [4.69, 9.17) is 9.47 Å². The molecule has 1 spiro atoms. The molecule has 1 aromatic heterocycles. The van der Waals surface area contributed by atoms with Crippen molar-refractivity contribution in [3.8, 4) is 5.75 Å². The van der Waals surface area contributed by atoms with Gasteiger partial charge in [-0.2, -0.15) is 5.10 Å². The lowest BCUT2D eigenvalue weighted by molar-refractivity contribution is -0.150. The highest BCUT2D eigenvalue weighted by Crippen LogP contribution is 2.32. The predicted octanol–water partition coefficient (Wildman–Crippen LogP) is 2.38. The second-order valence-corrected chi connectivity index (χ2v) is 8.67. The minimum Gasteiger partial charge on any atom is -0.496 e. The number of benzene rings is 1. The zero-order chi connectivity index (χ0) is 21.3. The van der Waals surface area contributed by atoms with E-state index in [1.54, 1.807) is 7.11 Å². The van der Waals surface area contributed by atoms with Crippen LogP contribution >= 0.6 is 0 Å². The first-order chi connectivity index (χ1) is 14.4. The van der Waals surface area contributed by atoms with Crippen LogP contribution in [0.25, 0.3) is 0 Å². The highest BCUT2D eigenvalue weighted by molar-refractivity contribution is 5.79. The van der Waals surface area contributed by atoms with Crippen molar-refractivity contribution in [2.24, 2.45) is 0 Å². The fourth-order valence-corrected chi connectivity index (χ4v) is 4.81. The lowest BCUT2D eigenvalue weighted by Crippen LogP contribution is -2.64. The van der Waals surface area contributed by atoms with Crippen molar-refractivity contribution in [2.45, 2.75) is 45.3 Å². The Labute approximate surface area is 178 Å². The maximum atomic E-state index is 12.7. The number of hydrogen-bond donors (Lipinski definition) is 0. The van der Waals surface area contributed by atoms with Gasteiger partial charge >= 0.3 is 0 Å². The number of aryl methyl sites for hydroxylation is 2. The molecule has 1 amide bonds. The van der Waals surface area contributed by atoms with E-state index >= 15 is 0 Å². The Hall–Kier alpha value is -2.38. The molecule has 0 atom stereocenters. The maximum absolute atomic E-state index is 12.7. The Balaban J connectivity index is 1.54. The number of hydrogen-bond acceptors (Lipinski definition) is 5. The Morgan fingerprint density at radius 2 is 1.93 bits per heavy atom. The van der Waals surface area contributed by atoms with Crippen LogP contribution in [0.5, 0.6) is 5.75 Å². The molecule has 4 rings (SSSR count). The van der Waals surface area contributed by atoms with Crippen LogP contribution in [0.3, 0.4) is 0 Å². The van der Waals surface area contributed by atoms with Gasteiger partial charge in [0.25, 0.3) is 0 Å². The highest BCUT2D eigenvalue weighted by atomic mass is 16.5. The van der Waals surface area contributed by atoms with E-state index < -0.39 is 0 Å². The van der Waals surface area contributed by atoms with Gasteiger partial charge in [-0.15, -0.1) is 0 Å². The van der Waals surface area contributed by atoms with Gasteiger partial charge in [-0.3, -0.25) is 14.4 Å². The average Bonchev–Trinajstić information content (AvgIpc) is 3.04. The molecular formula is C23H32N4O3. The molecule has 0 saturated carbocycles. The number of ether oxygens (including phenoxy) is 2. The van der Waals surface area contributed by atoms with Gasteiger partial charge in [-0.1, -0.05) is 6.07 Å². The van der Waals surface area contributed by atoms with Gasteiger partial charge in [0.05, 0.1) is 31.4 Å². The Bertz CT molecular complexity index is 917. The van der Waals surface area contributed by atoms with Gasteiger partial charge in [0.1, 0.15) is 5.75 Å². The molecule has 30 heavy (non-hydrogen) atoms. The fraction of sp³-hybridized carbons (Fsp3) is 0.565. The van der Waals surface area contributed by atoms with Gasteiger partial charge in [-0.25, -0.2) is 0 Å². The van der Waals surface area contributed by atoms with Crippen LogP contribution in [0, 0.1) is 13.8 Å². The van der Waals surface area contributed by atoms with Crippen LogP contribution in [-0.4, -0.2) is 71.5 Å². The molecule has 2 aromatic rings. The summed E-state index contributed by atoms with van der Waals surface area (Å²) in [5.74, 6) is 1.06. The van der Waals surface area contributed by atoms with Gasteiger partial charge < -0.3 is 14.4 Å². The van der Waals surface area contributed by atoms with Crippen molar-refractivity contribution in [3.63, 3.8) is 0 Å². The van der Waals surface area contributed by atoms with E-state index in [1.807, 2.05) is 29.6 Å². The molecule has 2 fully saturated rings. The molecule has 2 saturated heterocycles. The number of carbonyl (C=O) groups excluding carboxylic acids is 1. The molecule has 0 bridgehead atoms. The lowest BCUT2D eigenvalue weighted by Gasteiger charge is -2.51. The maximum Gasteiger partial charge on any atom is 0.237 e. The third-order valence-electron chi connectivity index (χ3n) is 6.56.